The predicted octanol–water partition coefficient (Wildman–Crippen LogP) is 3.03. The number of nitrogens with one attached hydrogen (secondary N) is 2. The second-order valence-corrected chi connectivity index (χ2v) is 9.67. The molecule has 0 unspecified atom stereocenters. The Morgan fingerprint density at radius 3 is 2.65 bits per heavy atom. The number of hydrogen-bond donors (Lipinski definition) is 2. The first-order valence-corrected chi connectivity index (χ1v) is 12.0. The molecule has 0 saturated carbocycles. The van der Waals surface area contributed by atoms with E-state index < -0.39 is 22.0 Å². The molecule has 2 aromatic rings. The van der Waals surface area contributed by atoms with Crippen molar-refractivity contribution < 1.29 is 22.7 Å². The van der Waals surface area contributed by atoms with Gasteiger partial charge >= 0.3 is 0 Å². The predicted molar refractivity (Wildman–Crippen MR) is 120 cm³/mol. The van der Waals surface area contributed by atoms with Crippen molar-refractivity contribution in [2.24, 2.45) is 0 Å². The smallest absolute Gasteiger partial charge is 0.267 e. The van der Waals surface area contributed by atoms with Gasteiger partial charge in [0.2, 0.25) is 10.0 Å². The SMILES string of the molecule is CC[C@H](C)NC(=O)c1ccccc1NC(=O)[C@@H]1CN(S(C)(=O)=O)c2cc(Cl)ccc2O1. The first-order chi connectivity index (χ1) is 14.6. The summed E-state index contributed by atoms with van der Waals surface area (Å²) in [6.07, 6.45) is 0.696. The van der Waals surface area contributed by atoms with E-state index in [0.717, 1.165) is 17.0 Å². The molecule has 0 fully saturated rings. The molecule has 31 heavy (non-hydrogen) atoms. The summed E-state index contributed by atoms with van der Waals surface area (Å²) < 4.78 is 31.4. The molecule has 2 atom stereocenters. The molecule has 0 saturated heterocycles. The zero-order chi connectivity index (χ0) is 22.8. The maximum atomic E-state index is 13.0. The molecule has 2 N–H and O–H groups in total. The summed E-state index contributed by atoms with van der Waals surface area (Å²) in [5, 5.41) is 5.90. The maximum absolute atomic E-state index is 13.0. The van der Waals surface area contributed by atoms with Gasteiger partial charge in [0.05, 0.1) is 29.7 Å². The molecule has 1 aliphatic rings. The van der Waals surface area contributed by atoms with E-state index in [1.165, 1.54) is 12.1 Å². The van der Waals surface area contributed by atoms with E-state index in [0.29, 0.717) is 16.3 Å². The molecule has 166 valence electrons. The number of para-hydroxylation sites is 1. The van der Waals surface area contributed by atoms with E-state index in [2.05, 4.69) is 10.6 Å². The van der Waals surface area contributed by atoms with Crippen molar-refractivity contribution >= 4 is 44.8 Å². The Morgan fingerprint density at radius 2 is 1.97 bits per heavy atom. The first kappa shape index (κ1) is 22.9. The molecule has 3 rings (SSSR count). The van der Waals surface area contributed by atoms with E-state index in [-0.39, 0.29) is 29.9 Å². The van der Waals surface area contributed by atoms with Crippen molar-refractivity contribution in [1.82, 2.24) is 5.32 Å². The van der Waals surface area contributed by atoms with Crippen LogP contribution in [-0.4, -0.2) is 45.2 Å². The van der Waals surface area contributed by atoms with Crippen LogP contribution < -0.4 is 19.7 Å². The summed E-state index contributed by atoms with van der Waals surface area (Å²) in [6.45, 7) is 3.62. The van der Waals surface area contributed by atoms with Crippen molar-refractivity contribution in [3.63, 3.8) is 0 Å². The van der Waals surface area contributed by atoms with Crippen molar-refractivity contribution in [2.75, 3.05) is 22.4 Å². The zero-order valence-electron chi connectivity index (χ0n) is 17.4. The van der Waals surface area contributed by atoms with Gasteiger partial charge in [0.1, 0.15) is 5.75 Å². The van der Waals surface area contributed by atoms with Gasteiger partial charge in [-0.2, -0.15) is 0 Å². The maximum Gasteiger partial charge on any atom is 0.267 e. The van der Waals surface area contributed by atoms with E-state index in [4.69, 9.17) is 16.3 Å². The Kier molecular flexibility index (Phi) is 6.76. The number of benzene rings is 2. The standard InChI is InChI=1S/C21H24ClN3O5S/c1-4-13(2)23-20(26)15-7-5-6-8-16(15)24-21(27)19-12-25(31(3,28)29)17-11-14(22)9-10-18(17)30-19/h5-11,13,19H,4,12H2,1-3H3,(H,23,26)(H,24,27)/t13-,19-/m0/s1. The lowest BCUT2D eigenvalue weighted by Gasteiger charge is -2.34. The average Bonchev–Trinajstić information content (AvgIpc) is 2.72. The molecule has 2 amide bonds. The number of rotatable bonds is 6. The van der Waals surface area contributed by atoms with Crippen LogP contribution >= 0.6 is 11.6 Å². The quantitative estimate of drug-likeness (QED) is 0.682. The minimum Gasteiger partial charge on any atom is -0.476 e. The fourth-order valence-electron chi connectivity index (χ4n) is 3.08. The van der Waals surface area contributed by atoms with Gasteiger partial charge in [0.15, 0.2) is 6.10 Å². The lowest BCUT2D eigenvalue weighted by atomic mass is 10.1. The van der Waals surface area contributed by atoms with Crippen LogP contribution in [0.1, 0.15) is 30.6 Å². The Bertz CT molecular complexity index is 1110. The minimum absolute atomic E-state index is 0.0235. The van der Waals surface area contributed by atoms with Gasteiger partial charge in [0.25, 0.3) is 11.8 Å². The molecule has 0 aromatic heterocycles. The third kappa shape index (κ3) is 5.29. The van der Waals surface area contributed by atoms with Crippen LogP contribution in [0, 0.1) is 0 Å². The molecule has 0 aliphatic carbocycles. The van der Waals surface area contributed by atoms with Crippen molar-refractivity contribution in [1.29, 1.82) is 0 Å². The summed E-state index contributed by atoms with van der Waals surface area (Å²) in [7, 11) is -3.68. The van der Waals surface area contributed by atoms with Crippen LogP contribution in [-0.2, 0) is 14.8 Å². The molecular formula is C21H24ClN3O5S. The summed E-state index contributed by atoms with van der Waals surface area (Å²) in [5.74, 6) is -0.658. The van der Waals surface area contributed by atoms with Gasteiger partial charge in [-0.25, -0.2) is 8.42 Å². The minimum atomic E-state index is -3.68. The third-order valence-corrected chi connectivity index (χ3v) is 6.28. The Labute approximate surface area is 186 Å². The second-order valence-electron chi connectivity index (χ2n) is 7.33. The van der Waals surface area contributed by atoms with Gasteiger partial charge in [0, 0.05) is 11.1 Å². The highest BCUT2D eigenvalue weighted by molar-refractivity contribution is 7.92. The fraction of sp³-hybridized carbons (Fsp3) is 0.333. The van der Waals surface area contributed by atoms with Gasteiger partial charge < -0.3 is 15.4 Å². The number of fused-ring (bicyclic) bond motifs is 1. The van der Waals surface area contributed by atoms with Crippen molar-refractivity contribution in [2.45, 2.75) is 32.4 Å². The van der Waals surface area contributed by atoms with E-state index in [1.54, 1.807) is 30.3 Å². The van der Waals surface area contributed by atoms with Crippen LogP contribution in [0.4, 0.5) is 11.4 Å². The van der Waals surface area contributed by atoms with Gasteiger partial charge in [-0.1, -0.05) is 30.7 Å². The Morgan fingerprint density at radius 1 is 1.26 bits per heavy atom. The summed E-state index contributed by atoms with van der Waals surface area (Å²) >= 11 is 6.00. The van der Waals surface area contributed by atoms with E-state index in [9.17, 15) is 18.0 Å². The highest BCUT2D eigenvalue weighted by Crippen LogP contribution is 2.37. The summed E-state index contributed by atoms with van der Waals surface area (Å²) in [5.41, 5.74) is 0.885. The summed E-state index contributed by atoms with van der Waals surface area (Å²) in [4.78, 5) is 25.5. The monoisotopic (exact) mass is 465 g/mol. The number of halogens is 1. The summed E-state index contributed by atoms with van der Waals surface area (Å²) in [6, 6.07) is 11.1. The lowest BCUT2D eigenvalue weighted by molar-refractivity contribution is -0.122. The number of ether oxygens (including phenoxy) is 1. The third-order valence-electron chi connectivity index (χ3n) is 4.90. The lowest BCUT2D eigenvalue weighted by Crippen LogP contribution is -2.48. The fourth-order valence-corrected chi connectivity index (χ4v) is 4.15. The average molecular weight is 466 g/mol. The molecule has 10 heteroatoms. The van der Waals surface area contributed by atoms with Gasteiger partial charge in [-0.05, 0) is 43.7 Å². The van der Waals surface area contributed by atoms with Crippen LogP contribution in [0.3, 0.4) is 0 Å². The van der Waals surface area contributed by atoms with Crippen LogP contribution in [0.25, 0.3) is 0 Å². The topological polar surface area (TPSA) is 105 Å². The number of carbonyl (C=O) groups excluding carboxylic acids is 2. The first-order valence-electron chi connectivity index (χ1n) is 9.74. The number of nitrogens with zero attached hydrogens (tertiary/aromatic N) is 1. The van der Waals surface area contributed by atoms with E-state index >= 15 is 0 Å². The largest absolute Gasteiger partial charge is 0.476 e. The molecule has 1 aliphatic heterocycles. The normalized spacial score (nSPS) is 16.6. The Hall–Kier alpha value is -2.78. The Balaban J connectivity index is 1.85. The number of carbonyl (C=O) groups is 2. The molecule has 2 aromatic carbocycles. The molecule has 1 heterocycles. The molecular weight excluding hydrogens is 442 g/mol. The molecule has 0 bridgehead atoms. The van der Waals surface area contributed by atoms with Gasteiger partial charge in [-0.3, -0.25) is 13.9 Å². The molecule has 0 spiro atoms. The number of sulfonamides is 1. The molecule has 0 radical (unpaired) electrons. The number of amides is 2. The highest BCUT2D eigenvalue weighted by atomic mass is 35.5. The number of hydrogen-bond acceptors (Lipinski definition) is 5. The number of anilines is 2. The molecule has 8 nitrogen and oxygen atoms in total. The zero-order valence-corrected chi connectivity index (χ0v) is 19.0. The van der Waals surface area contributed by atoms with E-state index in [1.807, 2.05) is 13.8 Å². The van der Waals surface area contributed by atoms with Gasteiger partial charge in [-0.15, -0.1) is 0 Å². The van der Waals surface area contributed by atoms with Crippen LogP contribution in [0.2, 0.25) is 5.02 Å². The van der Waals surface area contributed by atoms with Crippen LogP contribution in [0.15, 0.2) is 42.5 Å². The van der Waals surface area contributed by atoms with Crippen molar-refractivity contribution in [3.8, 4) is 5.75 Å². The second kappa shape index (κ2) is 9.15. The van der Waals surface area contributed by atoms with Crippen molar-refractivity contribution in [3.05, 3.63) is 53.1 Å². The van der Waals surface area contributed by atoms with Crippen LogP contribution in [0.5, 0.6) is 5.75 Å². The highest BCUT2D eigenvalue weighted by Gasteiger charge is 2.35.